The summed E-state index contributed by atoms with van der Waals surface area (Å²) in [6.45, 7) is 2.17. The van der Waals surface area contributed by atoms with Crippen molar-refractivity contribution in [3.05, 3.63) is 29.8 Å². The van der Waals surface area contributed by atoms with Crippen LogP contribution in [0.5, 0.6) is 0 Å². The predicted octanol–water partition coefficient (Wildman–Crippen LogP) is 3.06. The minimum atomic E-state index is -0.545. The van der Waals surface area contributed by atoms with Crippen LogP contribution in [0, 0.1) is 0 Å². The fourth-order valence-corrected chi connectivity index (χ4v) is 4.47. The molecule has 2 heterocycles. The molecule has 0 spiro atoms. The van der Waals surface area contributed by atoms with Gasteiger partial charge in [-0.25, -0.2) is 0 Å². The molecule has 3 atom stereocenters. The molecule has 0 saturated carbocycles. The van der Waals surface area contributed by atoms with Gasteiger partial charge in [0.2, 0.25) is 0 Å². The molecule has 1 aromatic rings. The highest BCUT2D eigenvalue weighted by Gasteiger charge is 2.44. The number of hydrogen-bond donors (Lipinski definition) is 2. The summed E-state index contributed by atoms with van der Waals surface area (Å²) < 4.78 is 0. The molecule has 0 radical (unpaired) electrons. The van der Waals surface area contributed by atoms with Crippen LogP contribution in [0.4, 0.5) is 5.69 Å². The molecule has 18 heavy (non-hydrogen) atoms. The van der Waals surface area contributed by atoms with Gasteiger partial charge >= 0.3 is 0 Å². The van der Waals surface area contributed by atoms with E-state index in [4.69, 9.17) is 0 Å². The number of thioether (sulfide) groups is 1. The molecule has 0 aromatic heterocycles. The highest BCUT2D eigenvalue weighted by Crippen LogP contribution is 2.40. The van der Waals surface area contributed by atoms with E-state index in [2.05, 4.69) is 36.5 Å². The summed E-state index contributed by atoms with van der Waals surface area (Å²) in [5, 5.41) is 14.9. The molecular weight excluding hydrogens is 242 g/mol. The lowest BCUT2D eigenvalue weighted by atomic mass is 9.80. The second-order valence-electron chi connectivity index (χ2n) is 5.50. The van der Waals surface area contributed by atoms with E-state index in [9.17, 15) is 5.11 Å². The molecule has 3 rings (SSSR count). The largest absolute Gasteiger partial charge is 0.387 e. The minimum Gasteiger partial charge on any atom is -0.387 e. The maximum Gasteiger partial charge on any atom is 0.0963 e. The summed E-state index contributed by atoms with van der Waals surface area (Å²) in [5.74, 6) is 1.19. The van der Waals surface area contributed by atoms with Gasteiger partial charge < -0.3 is 10.4 Å². The zero-order valence-corrected chi connectivity index (χ0v) is 11.7. The lowest BCUT2D eigenvalue weighted by Gasteiger charge is -2.45. The van der Waals surface area contributed by atoms with Gasteiger partial charge in [0.05, 0.1) is 11.6 Å². The Hall–Kier alpha value is -0.670. The SMILES string of the molecule is CC1SCCCC1(O)C1CCc2ccccc2N1. The van der Waals surface area contributed by atoms with Crippen molar-refractivity contribution in [2.45, 2.75) is 49.5 Å². The monoisotopic (exact) mass is 263 g/mol. The van der Waals surface area contributed by atoms with Crippen molar-refractivity contribution in [3.8, 4) is 0 Å². The molecule has 2 N–H and O–H groups in total. The van der Waals surface area contributed by atoms with Crippen LogP contribution < -0.4 is 5.32 Å². The van der Waals surface area contributed by atoms with E-state index >= 15 is 0 Å². The molecule has 0 aliphatic carbocycles. The van der Waals surface area contributed by atoms with Gasteiger partial charge in [-0.05, 0) is 43.1 Å². The molecule has 2 nitrogen and oxygen atoms in total. The lowest BCUT2D eigenvalue weighted by molar-refractivity contribution is 0.00722. The van der Waals surface area contributed by atoms with Crippen molar-refractivity contribution in [1.82, 2.24) is 0 Å². The van der Waals surface area contributed by atoms with Crippen molar-refractivity contribution in [2.24, 2.45) is 0 Å². The van der Waals surface area contributed by atoms with Crippen molar-refractivity contribution < 1.29 is 5.11 Å². The first kappa shape index (κ1) is 12.4. The van der Waals surface area contributed by atoms with Crippen LogP contribution in [0.3, 0.4) is 0 Å². The number of aryl methyl sites for hydroxylation is 1. The van der Waals surface area contributed by atoms with Crippen LogP contribution in [0.25, 0.3) is 0 Å². The normalized spacial score (nSPS) is 35.7. The summed E-state index contributed by atoms with van der Waals surface area (Å²) >= 11 is 1.91. The first-order valence-electron chi connectivity index (χ1n) is 6.88. The molecule has 2 aliphatic heterocycles. The Labute approximate surface area is 113 Å². The van der Waals surface area contributed by atoms with E-state index in [1.165, 1.54) is 17.0 Å². The molecule has 0 amide bonds. The second kappa shape index (κ2) is 4.78. The maximum atomic E-state index is 11.0. The number of nitrogens with one attached hydrogen (secondary N) is 1. The van der Waals surface area contributed by atoms with Crippen LogP contribution >= 0.6 is 11.8 Å². The molecule has 1 fully saturated rings. The summed E-state index contributed by atoms with van der Waals surface area (Å²) in [4.78, 5) is 0. The molecule has 1 saturated heterocycles. The van der Waals surface area contributed by atoms with Crippen LogP contribution in [0.15, 0.2) is 24.3 Å². The summed E-state index contributed by atoms with van der Waals surface area (Å²) in [6.07, 6.45) is 4.18. The van der Waals surface area contributed by atoms with Crippen LogP contribution in [0.1, 0.15) is 31.7 Å². The smallest absolute Gasteiger partial charge is 0.0963 e. The highest BCUT2D eigenvalue weighted by molar-refractivity contribution is 8.00. The Morgan fingerprint density at radius 3 is 3.06 bits per heavy atom. The van der Waals surface area contributed by atoms with E-state index in [0.717, 1.165) is 25.7 Å². The van der Waals surface area contributed by atoms with Crippen LogP contribution in [0.2, 0.25) is 0 Å². The van der Waals surface area contributed by atoms with Crippen molar-refractivity contribution in [1.29, 1.82) is 0 Å². The van der Waals surface area contributed by atoms with Crippen molar-refractivity contribution >= 4 is 17.4 Å². The summed E-state index contributed by atoms with van der Waals surface area (Å²) in [7, 11) is 0. The van der Waals surface area contributed by atoms with Crippen LogP contribution in [-0.2, 0) is 6.42 Å². The number of para-hydroxylation sites is 1. The first-order chi connectivity index (χ1) is 8.70. The Morgan fingerprint density at radius 1 is 1.39 bits per heavy atom. The number of hydrogen-bond acceptors (Lipinski definition) is 3. The van der Waals surface area contributed by atoms with Crippen molar-refractivity contribution in [3.63, 3.8) is 0 Å². The Kier molecular flexibility index (Phi) is 3.29. The third-order valence-corrected chi connectivity index (χ3v) is 5.88. The highest BCUT2D eigenvalue weighted by atomic mass is 32.2. The fraction of sp³-hybridized carbons (Fsp3) is 0.600. The molecule has 0 bridgehead atoms. The Balaban J connectivity index is 1.82. The number of benzene rings is 1. The van der Waals surface area contributed by atoms with E-state index in [1.54, 1.807) is 0 Å². The number of anilines is 1. The molecule has 3 heteroatoms. The topological polar surface area (TPSA) is 32.3 Å². The van der Waals surface area contributed by atoms with E-state index < -0.39 is 5.60 Å². The molecule has 2 aliphatic rings. The Bertz CT molecular complexity index is 436. The van der Waals surface area contributed by atoms with Gasteiger partial charge in [-0.3, -0.25) is 0 Å². The summed E-state index contributed by atoms with van der Waals surface area (Å²) in [6, 6.07) is 8.68. The second-order valence-corrected chi connectivity index (χ2v) is 6.95. The maximum absolute atomic E-state index is 11.0. The molecule has 98 valence electrons. The average molecular weight is 263 g/mol. The van der Waals surface area contributed by atoms with Gasteiger partial charge in [-0.2, -0.15) is 11.8 Å². The third-order valence-electron chi connectivity index (χ3n) is 4.45. The first-order valence-corrected chi connectivity index (χ1v) is 7.93. The van der Waals surface area contributed by atoms with Gasteiger partial charge in [0, 0.05) is 10.9 Å². The van der Waals surface area contributed by atoms with Gasteiger partial charge in [0.25, 0.3) is 0 Å². The average Bonchev–Trinajstić information content (AvgIpc) is 2.42. The Morgan fingerprint density at radius 2 is 2.22 bits per heavy atom. The lowest BCUT2D eigenvalue weighted by Crippen LogP contribution is -2.55. The van der Waals surface area contributed by atoms with E-state index in [0.29, 0.717) is 5.25 Å². The van der Waals surface area contributed by atoms with Gasteiger partial charge in [-0.15, -0.1) is 0 Å². The third kappa shape index (κ3) is 2.04. The van der Waals surface area contributed by atoms with Gasteiger partial charge in [0.1, 0.15) is 0 Å². The fourth-order valence-electron chi connectivity index (χ4n) is 3.23. The molecular formula is C15H21NOS. The van der Waals surface area contributed by atoms with Gasteiger partial charge in [-0.1, -0.05) is 25.1 Å². The predicted molar refractivity (Wildman–Crippen MR) is 78.3 cm³/mol. The molecule has 1 aromatic carbocycles. The van der Waals surface area contributed by atoms with Crippen LogP contribution in [-0.4, -0.2) is 27.8 Å². The number of aliphatic hydroxyl groups is 1. The minimum absolute atomic E-state index is 0.204. The zero-order valence-electron chi connectivity index (χ0n) is 10.9. The van der Waals surface area contributed by atoms with E-state index in [-0.39, 0.29) is 6.04 Å². The van der Waals surface area contributed by atoms with Crippen molar-refractivity contribution in [2.75, 3.05) is 11.1 Å². The summed E-state index contributed by atoms with van der Waals surface area (Å²) in [5.41, 5.74) is 2.05. The van der Waals surface area contributed by atoms with E-state index in [1.807, 2.05) is 11.8 Å². The van der Waals surface area contributed by atoms with Gasteiger partial charge in [0.15, 0.2) is 0 Å². The molecule has 3 unspecified atom stereocenters. The zero-order chi connectivity index (χ0) is 12.6. The standard InChI is InChI=1S/C15H21NOS/c1-11-15(17,9-4-10-18-11)14-8-7-12-5-2-3-6-13(12)16-14/h2-3,5-6,11,14,16-17H,4,7-10H2,1H3. The quantitative estimate of drug-likeness (QED) is 0.817. The number of rotatable bonds is 1. The number of fused-ring (bicyclic) bond motifs is 1.